The van der Waals surface area contributed by atoms with Crippen molar-refractivity contribution in [3.8, 4) is 0 Å². The summed E-state index contributed by atoms with van der Waals surface area (Å²) in [5.41, 5.74) is 0. The predicted octanol–water partition coefficient (Wildman–Crippen LogP) is 2.42. The minimum atomic E-state index is -0.294. The van der Waals surface area contributed by atoms with Crippen molar-refractivity contribution in [1.82, 2.24) is 0 Å². The highest BCUT2D eigenvalue weighted by Gasteiger charge is 1.95. The topological polar surface area (TPSA) is 63.2 Å². The van der Waals surface area contributed by atoms with E-state index in [0.717, 1.165) is 25.3 Å². The highest BCUT2D eigenvalue weighted by atomic mass is 35.5. The maximum atomic E-state index is 10.5. The molecule has 0 aromatic carbocycles. The molecule has 0 radical (unpaired) electrons. The second-order valence-electron chi connectivity index (χ2n) is 4.89. The Morgan fingerprint density at radius 1 is 0.652 bits per heavy atom. The molecule has 0 spiro atoms. The lowest BCUT2D eigenvalue weighted by Gasteiger charge is -2.07. The van der Waals surface area contributed by atoms with Crippen LogP contribution in [0.3, 0.4) is 0 Å². The molecule has 0 aromatic rings. The summed E-state index contributed by atoms with van der Waals surface area (Å²) in [6, 6.07) is 0. The molecule has 0 unspecified atom stereocenters. The molecule has 23 heavy (non-hydrogen) atoms. The molecule has 0 amide bonds. The van der Waals surface area contributed by atoms with Crippen molar-refractivity contribution >= 4 is 17.6 Å². The Labute approximate surface area is 144 Å². The van der Waals surface area contributed by atoms with Crippen molar-refractivity contribution in [2.24, 2.45) is 0 Å². The third-order valence-electron chi connectivity index (χ3n) is 2.82. The fraction of sp³-hybridized carbons (Fsp3) is 0.938. The van der Waals surface area contributed by atoms with Gasteiger partial charge < -0.3 is 23.7 Å². The van der Waals surface area contributed by atoms with E-state index in [1.54, 1.807) is 0 Å². The third kappa shape index (κ3) is 21.6. The van der Waals surface area contributed by atoms with Crippen LogP contribution in [0.2, 0.25) is 0 Å². The normalized spacial score (nSPS) is 10.9. The summed E-state index contributed by atoms with van der Waals surface area (Å²) in [7, 11) is 0. The van der Waals surface area contributed by atoms with E-state index in [1.165, 1.54) is 19.8 Å². The minimum absolute atomic E-state index is 0.283. The first-order valence-electron chi connectivity index (χ1n) is 8.27. The Bertz CT molecular complexity index is 253. The summed E-state index contributed by atoms with van der Waals surface area (Å²) in [4.78, 5) is 10.5. The summed E-state index contributed by atoms with van der Waals surface area (Å²) in [6.45, 7) is 6.10. The molecule has 0 atom stereocenters. The number of ether oxygens (including phenoxy) is 5. The van der Waals surface area contributed by atoms with Crippen molar-refractivity contribution in [2.75, 3.05) is 65.3 Å². The van der Waals surface area contributed by atoms with E-state index in [1.807, 2.05) is 0 Å². The Hall–Kier alpha value is -0.400. The summed E-state index contributed by atoms with van der Waals surface area (Å²) in [5, 5.41) is 0. The fourth-order valence-corrected chi connectivity index (χ4v) is 1.85. The van der Waals surface area contributed by atoms with Crippen molar-refractivity contribution in [2.45, 2.75) is 32.6 Å². The van der Waals surface area contributed by atoms with E-state index in [0.29, 0.717) is 46.2 Å². The molecule has 0 N–H and O–H groups in total. The summed E-state index contributed by atoms with van der Waals surface area (Å²) in [6.07, 6.45) is 4.51. The van der Waals surface area contributed by atoms with Crippen LogP contribution < -0.4 is 0 Å². The number of esters is 1. The Balaban J connectivity index is 2.96. The van der Waals surface area contributed by atoms with Crippen LogP contribution in [-0.2, 0) is 28.5 Å². The number of alkyl halides is 1. The van der Waals surface area contributed by atoms with Gasteiger partial charge in [0.05, 0.1) is 46.2 Å². The van der Waals surface area contributed by atoms with Crippen LogP contribution >= 0.6 is 11.6 Å². The highest BCUT2D eigenvalue weighted by Crippen LogP contribution is 2.00. The van der Waals surface area contributed by atoms with Crippen LogP contribution in [0.1, 0.15) is 32.6 Å². The second kappa shape index (κ2) is 19.6. The van der Waals surface area contributed by atoms with E-state index in [4.69, 9.17) is 35.3 Å². The van der Waals surface area contributed by atoms with E-state index >= 15 is 0 Å². The molecule has 0 aliphatic carbocycles. The molecule has 7 heteroatoms. The van der Waals surface area contributed by atoms with Gasteiger partial charge in [-0.3, -0.25) is 4.79 Å². The Morgan fingerprint density at radius 2 is 1.09 bits per heavy atom. The highest BCUT2D eigenvalue weighted by molar-refractivity contribution is 6.17. The quantitative estimate of drug-likeness (QED) is 0.214. The second-order valence-corrected chi connectivity index (χ2v) is 5.27. The molecule has 0 saturated heterocycles. The number of hydrogen-bond donors (Lipinski definition) is 0. The number of rotatable bonds is 18. The number of halogens is 1. The van der Waals surface area contributed by atoms with E-state index in [2.05, 4.69) is 0 Å². The van der Waals surface area contributed by atoms with Gasteiger partial charge in [-0.15, -0.1) is 11.6 Å². The fourth-order valence-electron chi connectivity index (χ4n) is 1.66. The first-order valence-corrected chi connectivity index (χ1v) is 8.81. The van der Waals surface area contributed by atoms with Gasteiger partial charge in [-0.1, -0.05) is 12.8 Å². The van der Waals surface area contributed by atoms with Crippen LogP contribution in [0.15, 0.2) is 0 Å². The van der Waals surface area contributed by atoms with Gasteiger partial charge in [0.15, 0.2) is 0 Å². The van der Waals surface area contributed by atoms with Gasteiger partial charge >= 0.3 is 5.97 Å². The lowest BCUT2D eigenvalue weighted by molar-refractivity contribution is -0.142. The lowest BCUT2D eigenvalue weighted by atomic mass is 10.2. The molecule has 0 aromatic heterocycles. The van der Waals surface area contributed by atoms with E-state index < -0.39 is 0 Å². The van der Waals surface area contributed by atoms with Gasteiger partial charge in [0.1, 0.15) is 6.61 Å². The molecule has 0 rings (SSSR count). The zero-order chi connectivity index (χ0) is 17.0. The maximum Gasteiger partial charge on any atom is 0.302 e. The number of hydrogen-bond acceptors (Lipinski definition) is 6. The average molecular weight is 355 g/mol. The molecule has 0 saturated carbocycles. The molecular weight excluding hydrogens is 324 g/mol. The first-order chi connectivity index (χ1) is 11.3. The van der Waals surface area contributed by atoms with Gasteiger partial charge in [0.2, 0.25) is 0 Å². The minimum Gasteiger partial charge on any atom is -0.463 e. The first kappa shape index (κ1) is 22.6. The van der Waals surface area contributed by atoms with Crippen LogP contribution in [0.25, 0.3) is 0 Å². The zero-order valence-electron chi connectivity index (χ0n) is 14.2. The Kier molecular flexibility index (Phi) is 19.3. The molecule has 138 valence electrons. The van der Waals surface area contributed by atoms with Crippen molar-refractivity contribution in [3.63, 3.8) is 0 Å². The largest absolute Gasteiger partial charge is 0.463 e. The van der Waals surface area contributed by atoms with Crippen molar-refractivity contribution < 1.29 is 28.5 Å². The Morgan fingerprint density at radius 3 is 1.57 bits per heavy atom. The van der Waals surface area contributed by atoms with Crippen LogP contribution in [0.5, 0.6) is 0 Å². The van der Waals surface area contributed by atoms with E-state index in [9.17, 15) is 4.79 Å². The van der Waals surface area contributed by atoms with Gasteiger partial charge in [-0.05, 0) is 12.8 Å². The SMILES string of the molecule is CC(=O)OCCOCCOCCOCCOCCCCCCCl. The number of carbonyl (C=O) groups is 1. The standard InChI is InChI=1S/C16H31ClO6/c1-16(18)23-15-14-22-13-12-21-11-10-20-9-8-19-7-5-3-2-4-6-17/h2-15H2,1H3. The van der Waals surface area contributed by atoms with Crippen LogP contribution in [0.4, 0.5) is 0 Å². The van der Waals surface area contributed by atoms with E-state index in [-0.39, 0.29) is 12.6 Å². The molecule has 6 nitrogen and oxygen atoms in total. The van der Waals surface area contributed by atoms with Crippen molar-refractivity contribution in [1.29, 1.82) is 0 Å². The van der Waals surface area contributed by atoms with Gasteiger partial charge in [-0.2, -0.15) is 0 Å². The van der Waals surface area contributed by atoms with Gasteiger partial charge in [0.25, 0.3) is 0 Å². The number of carbonyl (C=O) groups excluding carboxylic acids is 1. The lowest BCUT2D eigenvalue weighted by Crippen LogP contribution is -2.13. The third-order valence-corrected chi connectivity index (χ3v) is 3.09. The van der Waals surface area contributed by atoms with Gasteiger partial charge in [-0.25, -0.2) is 0 Å². The van der Waals surface area contributed by atoms with Crippen molar-refractivity contribution in [3.05, 3.63) is 0 Å². The summed E-state index contributed by atoms with van der Waals surface area (Å²) in [5.74, 6) is 0.453. The summed E-state index contributed by atoms with van der Waals surface area (Å²) < 4.78 is 26.1. The maximum absolute atomic E-state index is 10.5. The molecule has 0 fully saturated rings. The zero-order valence-corrected chi connectivity index (χ0v) is 15.0. The average Bonchev–Trinajstić information content (AvgIpc) is 2.53. The van der Waals surface area contributed by atoms with Gasteiger partial charge in [0, 0.05) is 19.4 Å². The smallest absolute Gasteiger partial charge is 0.302 e. The van der Waals surface area contributed by atoms with Crippen LogP contribution in [0, 0.1) is 0 Å². The molecule has 0 heterocycles. The monoisotopic (exact) mass is 354 g/mol. The number of unbranched alkanes of at least 4 members (excludes halogenated alkanes) is 3. The predicted molar refractivity (Wildman–Crippen MR) is 89.1 cm³/mol. The summed E-state index contributed by atoms with van der Waals surface area (Å²) >= 11 is 5.60. The molecular formula is C16H31ClO6. The molecule has 0 aliphatic heterocycles. The van der Waals surface area contributed by atoms with Crippen LogP contribution in [-0.4, -0.2) is 71.3 Å². The molecule has 0 aliphatic rings. The molecule has 0 bridgehead atoms.